The molecule has 2 rings (SSSR count). The van der Waals surface area contributed by atoms with Crippen molar-refractivity contribution in [1.82, 2.24) is 9.97 Å². The van der Waals surface area contributed by atoms with Gasteiger partial charge in [0.2, 0.25) is 5.95 Å². The molecule has 1 unspecified atom stereocenters. The molecule has 0 saturated heterocycles. The molecular weight excluding hydrogens is 330 g/mol. The summed E-state index contributed by atoms with van der Waals surface area (Å²) in [6.07, 6.45) is 1.65. The second-order valence-corrected chi connectivity index (χ2v) is 5.17. The zero-order chi connectivity index (χ0) is 13.8. The minimum atomic E-state index is 0.0381. The normalized spacial score (nSPS) is 12.2. The van der Waals surface area contributed by atoms with E-state index in [2.05, 4.69) is 31.2 Å². The van der Waals surface area contributed by atoms with Gasteiger partial charge in [0, 0.05) is 19.0 Å². The average molecular weight is 343 g/mol. The number of nitrogens with zero attached hydrogens (tertiary/aromatic N) is 2. The van der Waals surface area contributed by atoms with E-state index in [0.717, 1.165) is 11.3 Å². The van der Waals surface area contributed by atoms with Gasteiger partial charge in [-0.25, -0.2) is 4.98 Å². The SMILES string of the molecule is COC(C)c1cccc(Nc2ncc(Br)c(Cl)n2)c1. The van der Waals surface area contributed by atoms with E-state index in [9.17, 15) is 0 Å². The van der Waals surface area contributed by atoms with Crippen LogP contribution in [0.25, 0.3) is 0 Å². The first-order chi connectivity index (χ1) is 9.10. The molecule has 1 N–H and O–H groups in total. The maximum Gasteiger partial charge on any atom is 0.228 e. The van der Waals surface area contributed by atoms with Crippen molar-refractivity contribution < 1.29 is 4.74 Å². The van der Waals surface area contributed by atoms with E-state index in [1.165, 1.54) is 0 Å². The molecule has 1 atom stereocenters. The molecule has 0 spiro atoms. The maximum absolute atomic E-state index is 5.93. The van der Waals surface area contributed by atoms with Crippen LogP contribution in [-0.2, 0) is 4.74 Å². The van der Waals surface area contributed by atoms with Crippen molar-refractivity contribution >= 4 is 39.2 Å². The van der Waals surface area contributed by atoms with Gasteiger partial charge in [0.15, 0.2) is 0 Å². The van der Waals surface area contributed by atoms with Crippen molar-refractivity contribution in [2.75, 3.05) is 12.4 Å². The number of halogens is 2. The Morgan fingerprint density at radius 3 is 2.89 bits per heavy atom. The third-order valence-electron chi connectivity index (χ3n) is 2.67. The lowest BCUT2D eigenvalue weighted by molar-refractivity contribution is 0.119. The van der Waals surface area contributed by atoms with Gasteiger partial charge in [-0.2, -0.15) is 4.98 Å². The molecule has 19 heavy (non-hydrogen) atoms. The zero-order valence-corrected chi connectivity index (χ0v) is 12.9. The van der Waals surface area contributed by atoms with Gasteiger partial charge in [0.1, 0.15) is 5.15 Å². The predicted octanol–water partition coefficient (Wildman–Crippen LogP) is 4.34. The first-order valence-corrected chi connectivity index (χ1v) is 6.85. The minimum Gasteiger partial charge on any atom is -0.377 e. The summed E-state index contributed by atoms with van der Waals surface area (Å²) in [6, 6.07) is 7.89. The number of aromatic nitrogens is 2. The van der Waals surface area contributed by atoms with E-state index in [0.29, 0.717) is 15.6 Å². The number of methoxy groups -OCH3 is 1. The first-order valence-electron chi connectivity index (χ1n) is 5.68. The largest absolute Gasteiger partial charge is 0.377 e. The Kier molecular flexibility index (Phi) is 4.74. The van der Waals surface area contributed by atoms with E-state index in [1.54, 1.807) is 13.3 Å². The van der Waals surface area contributed by atoms with Crippen LogP contribution in [0, 0.1) is 0 Å². The fourth-order valence-electron chi connectivity index (χ4n) is 1.54. The van der Waals surface area contributed by atoms with Gasteiger partial charge in [-0.3, -0.25) is 0 Å². The Morgan fingerprint density at radius 1 is 1.42 bits per heavy atom. The van der Waals surface area contributed by atoms with Crippen molar-refractivity contribution in [2.24, 2.45) is 0 Å². The molecule has 0 aliphatic heterocycles. The monoisotopic (exact) mass is 341 g/mol. The minimum absolute atomic E-state index is 0.0381. The van der Waals surface area contributed by atoms with Gasteiger partial charge >= 0.3 is 0 Å². The van der Waals surface area contributed by atoms with Crippen LogP contribution in [0.15, 0.2) is 34.9 Å². The summed E-state index contributed by atoms with van der Waals surface area (Å²) >= 11 is 9.18. The van der Waals surface area contributed by atoms with Crippen LogP contribution in [0.2, 0.25) is 5.15 Å². The first kappa shape index (κ1) is 14.2. The number of ether oxygens (including phenoxy) is 1. The molecule has 0 saturated carbocycles. The molecule has 0 bridgehead atoms. The van der Waals surface area contributed by atoms with E-state index in [-0.39, 0.29) is 6.10 Å². The summed E-state index contributed by atoms with van der Waals surface area (Å²) < 4.78 is 5.96. The Labute approximate surface area is 125 Å². The smallest absolute Gasteiger partial charge is 0.228 e. The summed E-state index contributed by atoms with van der Waals surface area (Å²) in [5, 5.41) is 3.48. The van der Waals surface area contributed by atoms with E-state index < -0.39 is 0 Å². The van der Waals surface area contributed by atoms with Crippen LogP contribution < -0.4 is 5.32 Å². The molecule has 0 radical (unpaired) electrons. The molecule has 0 aliphatic carbocycles. The molecule has 1 aromatic carbocycles. The molecule has 2 aromatic rings. The summed E-state index contributed by atoms with van der Waals surface area (Å²) in [5.41, 5.74) is 1.97. The standard InChI is InChI=1S/C13H13BrClN3O/c1-8(19-2)9-4-3-5-10(6-9)17-13-16-7-11(14)12(15)18-13/h3-8H,1-2H3,(H,16,17,18). The molecule has 100 valence electrons. The highest BCUT2D eigenvalue weighted by Crippen LogP contribution is 2.23. The van der Waals surface area contributed by atoms with E-state index >= 15 is 0 Å². The Bertz CT molecular complexity index is 580. The lowest BCUT2D eigenvalue weighted by atomic mass is 10.1. The average Bonchev–Trinajstić information content (AvgIpc) is 2.42. The molecule has 6 heteroatoms. The molecule has 1 aromatic heterocycles. The van der Waals surface area contributed by atoms with Gasteiger partial charge in [-0.05, 0) is 40.5 Å². The molecule has 0 fully saturated rings. The van der Waals surface area contributed by atoms with Crippen LogP contribution >= 0.6 is 27.5 Å². The molecule has 0 amide bonds. The zero-order valence-electron chi connectivity index (χ0n) is 10.5. The topological polar surface area (TPSA) is 47.0 Å². The van der Waals surface area contributed by atoms with Gasteiger partial charge in [0.25, 0.3) is 0 Å². The molecule has 0 aliphatic rings. The number of nitrogens with one attached hydrogen (secondary N) is 1. The van der Waals surface area contributed by atoms with Crippen LogP contribution in [0.5, 0.6) is 0 Å². The van der Waals surface area contributed by atoms with Gasteiger partial charge in [-0.15, -0.1) is 0 Å². The van der Waals surface area contributed by atoms with Crippen LogP contribution in [0.4, 0.5) is 11.6 Å². The molecule has 4 nitrogen and oxygen atoms in total. The Morgan fingerprint density at radius 2 is 2.21 bits per heavy atom. The molecular formula is C13H13BrClN3O. The number of rotatable bonds is 4. The highest BCUT2D eigenvalue weighted by atomic mass is 79.9. The number of hydrogen-bond donors (Lipinski definition) is 1. The lowest BCUT2D eigenvalue weighted by Gasteiger charge is -2.12. The Balaban J connectivity index is 2.20. The number of benzene rings is 1. The summed E-state index contributed by atoms with van der Waals surface area (Å²) in [6.45, 7) is 1.99. The van der Waals surface area contributed by atoms with Crippen molar-refractivity contribution in [2.45, 2.75) is 13.0 Å². The van der Waals surface area contributed by atoms with Gasteiger partial charge in [0.05, 0.1) is 10.6 Å². The Hall–Kier alpha value is -1.17. The van der Waals surface area contributed by atoms with Gasteiger partial charge < -0.3 is 10.1 Å². The third-order valence-corrected chi connectivity index (χ3v) is 3.76. The third kappa shape index (κ3) is 3.65. The van der Waals surface area contributed by atoms with Gasteiger partial charge in [-0.1, -0.05) is 23.7 Å². The highest BCUT2D eigenvalue weighted by molar-refractivity contribution is 9.10. The maximum atomic E-state index is 5.93. The summed E-state index contributed by atoms with van der Waals surface area (Å²) in [5.74, 6) is 0.454. The molecule has 1 heterocycles. The van der Waals surface area contributed by atoms with E-state index in [4.69, 9.17) is 16.3 Å². The summed E-state index contributed by atoms with van der Waals surface area (Å²) in [7, 11) is 1.68. The van der Waals surface area contributed by atoms with Crippen molar-refractivity contribution in [1.29, 1.82) is 0 Å². The fraction of sp³-hybridized carbons (Fsp3) is 0.231. The fourth-order valence-corrected chi connectivity index (χ4v) is 1.86. The predicted molar refractivity (Wildman–Crippen MR) is 79.9 cm³/mol. The number of anilines is 2. The van der Waals surface area contributed by atoms with Crippen molar-refractivity contribution in [3.05, 3.63) is 45.7 Å². The van der Waals surface area contributed by atoms with Crippen molar-refractivity contribution in [3.8, 4) is 0 Å². The summed E-state index contributed by atoms with van der Waals surface area (Å²) in [4.78, 5) is 8.27. The van der Waals surface area contributed by atoms with Crippen LogP contribution in [-0.4, -0.2) is 17.1 Å². The van der Waals surface area contributed by atoms with Crippen LogP contribution in [0.1, 0.15) is 18.6 Å². The van der Waals surface area contributed by atoms with Crippen molar-refractivity contribution in [3.63, 3.8) is 0 Å². The lowest BCUT2D eigenvalue weighted by Crippen LogP contribution is -2.00. The van der Waals surface area contributed by atoms with E-state index in [1.807, 2.05) is 31.2 Å². The second-order valence-electron chi connectivity index (χ2n) is 3.96. The van der Waals surface area contributed by atoms with Crippen LogP contribution in [0.3, 0.4) is 0 Å². The quantitative estimate of drug-likeness (QED) is 0.839. The number of hydrogen-bond acceptors (Lipinski definition) is 4. The highest BCUT2D eigenvalue weighted by Gasteiger charge is 2.06. The second kappa shape index (κ2) is 6.32.